The van der Waals surface area contributed by atoms with Crippen molar-refractivity contribution in [1.29, 1.82) is 0 Å². The molecule has 204 valence electrons. The SMILES string of the molecule is CCOC(=O)C1=C(O)/C(=C/c2cn(CCOc3ccccc3)c3ccccc23)SC1=Nc1ccc(OCC)cc1. The summed E-state index contributed by atoms with van der Waals surface area (Å²) >= 11 is 1.24. The van der Waals surface area contributed by atoms with Crippen molar-refractivity contribution in [1.82, 2.24) is 4.57 Å². The Kier molecular flexibility index (Phi) is 8.56. The number of nitrogens with zero attached hydrogens (tertiary/aromatic N) is 2. The molecule has 0 aliphatic carbocycles. The molecule has 1 aromatic heterocycles. The zero-order valence-corrected chi connectivity index (χ0v) is 23.2. The first kappa shape index (κ1) is 27.1. The topological polar surface area (TPSA) is 82.3 Å². The minimum atomic E-state index is -0.610. The van der Waals surface area contributed by atoms with Crippen LogP contribution in [0.3, 0.4) is 0 Å². The highest BCUT2D eigenvalue weighted by Gasteiger charge is 2.33. The average molecular weight is 555 g/mol. The predicted octanol–water partition coefficient (Wildman–Crippen LogP) is 7.31. The van der Waals surface area contributed by atoms with Crippen molar-refractivity contribution in [2.45, 2.75) is 20.4 Å². The number of rotatable bonds is 10. The molecule has 1 aliphatic heterocycles. The lowest BCUT2D eigenvalue weighted by molar-refractivity contribution is -0.138. The largest absolute Gasteiger partial charge is 0.506 e. The van der Waals surface area contributed by atoms with Gasteiger partial charge in [-0.3, -0.25) is 0 Å². The molecular weight excluding hydrogens is 524 g/mol. The summed E-state index contributed by atoms with van der Waals surface area (Å²) in [5, 5.41) is 12.6. The monoisotopic (exact) mass is 554 g/mol. The third-order valence-electron chi connectivity index (χ3n) is 6.20. The number of carbonyl (C=O) groups is 1. The van der Waals surface area contributed by atoms with Crippen molar-refractivity contribution in [3.63, 3.8) is 0 Å². The van der Waals surface area contributed by atoms with Gasteiger partial charge in [0.15, 0.2) is 0 Å². The molecule has 0 saturated carbocycles. The summed E-state index contributed by atoms with van der Waals surface area (Å²) in [7, 11) is 0. The highest BCUT2D eigenvalue weighted by atomic mass is 32.2. The molecule has 40 heavy (non-hydrogen) atoms. The van der Waals surface area contributed by atoms with Gasteiger partial charge in [0.25, 0.3) is 0 Å². The summed E-state index contributed by atoms with van der Waals surface area (Å²) in [5.41, 5.74) is 2.66. The zero-order chi connectivity index (χ0) is 27.9. The van der Waals surface area contributed by atoms with Crippen LogP contribution in [0.25, 0.3) is 17.0 Å². The summed E-state index contributed by atoms with van der Waals surface area (Å²) in [5.74, 6) is 0.809. The van der Waals surface area contributed by atoms with E-state index in [1.54, 1.807) is 6.92 Å². The van der Waals surface area contributed by atoms with Crippen molar-refractivity contribution in [2.24, 2.45) is 4.99 Å². The summed E-state index contributed by atoms with van der Waals surface area (Å²) in [6, 6.07) is 25.1. The van der Waals surface area contributed by atoms with Crippen LogP contribution in [0.5, 0.6) is 11.5 Å². The van der Waals surface area contributed by atoms with Crippen molar-refractivity contribution in [3.8, 4) is 11.5 Å². The molecule has 0 fully saturated rings. The molecular formula is C32H30N2O5S. The van der Waals surface area contributed by atoms with Crippen LogP contribution in [0.1, 0.15) is 19.4 Å². The van der Waals surface area contributed by atoms with Crippen LogP contribution in [-0.2, 0) is 16.1 Å². The molecule has 0 bridgehead atoms. The van der Waals surface area contributed by atoms with E-state index in [1.165, 1.54) is 11.8 Å². The van der Waals surface area contributed by atoms with Gasteiger partial charge in [-0.2, -0.15) is 0 Å². The molecule has 8 heteroatoms. The number of benzene rings is 3. The van der Waals surface area contributed by atoms with Gasteiger partial charge >= 0.3 is 5.97 Å². The Morgan fingerprint density at radius 2 is 1.65 bits per heavy atom. The van der Waals surface area contributed by atoms with Gasteiger partial charge < -0.3 is 23.9 Å². The number of para-hydroxylation sites is 2. The summed E-state index contributed by atoms with van der Waals surface area (Å²) < 4.78 is 18.8. The number of esters is 1. The Labute approximate surface area is 237 Å². The minimum Gasteiger partial charge on any atom is -0.506 e. The number of fused-ring (bicyclic) bond motifs is 1. The lowest BCUT2D eigenvalue weighted by atomic mass is 10.1. The number of ether oxygens (including phenoxy) is 3. The van der Waals surface area contributed by atoms with Crippen LogP contribution in [0.2, 0.25) is 0 Å². The van der Waals surface area contributed by atoms with E-state index >= 15 is 0 Å². The molecule has 1 aliphatic rings. The fraction of sp³-hybridized carbons (Fsp3) is 0.188. The molecule has 4 aromatic rings. The number of aliphatic hydroxyl groups is 1. The Morgan fingerprint density at radius 1 is 0.925 bits per heavy atom. The standard InChI is InChI=1S/C32H30N2O5S/c1-3-37-25-16-14-23(15-17-25)33-31-29(32(36)38-4-2)30(35)28(40-31)20-22-21-34(27-13-9-8-12-26(22)27)18-19-39-24-10-6-5-7-11-24/h5-17,20-21,35H,3-4,18-19H2,1-2H3/b28-20-,33-31?. The maximum atomic E-state index is 12.8. The zero-order valence-electron chi connectivity index (χ0n) is 22.4. The molecule has 0 radical (unpaired) electrons. The molecule has 3 aromatic carbocycles. The normalized spacial score (nSPS) is 15.2. The third kappa shape index (κ3) is 6.07. The lowest BCUT2D eigenvalue weighted by Crippen LogP contribution is -2.12. The second-order valence-corrected chi connectivity index (χ2v) is 9.89. The molecule has 0 unspecified atom stereocenters. The number of aliphatic hydroxyl groups excluding tert-OH is 1. The van der Waals surface area contributed by atoms with Crippen LogP contribution < -0.4 is 9.47 Å². The number of thioether (sulfide) groups is 1. The van der Waals surface area contributed by atoms with Crippen LogP contribution in [-0.4, -0.2) is 40.5 Å². The summed E-state index contributed by atoms with van der Waals surface area (Å²) in [6.07, 6.45) is 3.92. The van der Waals surface area contributed by atoms with Crippen molar-refractivity contribution in [2.75, 3.05) is 19.8 Å². The molecule has 0 spiro atoms. The van der Waals surface area contributed by atoms with Crippen molar-refractivity contribution in [3.05, 3.63) is 107 Å². The Balaban J connectivity index is 1.46. The molecule has 0 amide bonds. The molecule has 0 saturated heterocycles. The van der Waals surface area contributed by atoms with E-state index in [4.69, 9.17) is 14.2 Å². The number of aliphatic imine (C=N–C) groups is 1. The van der Waals surface area contributed by atoms with Gasteiger partial charge in [-0.05, 0) is 62.4 Å². The van der Waals surface area contributed by atoms with Gasteiger partial charge in [0.1, 0.15) is 34.5 Å². The Hall–Kier alpha value is -4.43. The Bertz CT molecular complexity index is 1590. The molecule has 5 rings (SSSR count). The molecule has 0 atom stereocenters. The number of hydrogen-bond donors (Lipinski definition) is 1. The molecule has 1 N–H and O–H groups in total. The smallest absolute Gasteiger partial charge is 0.344 e. The number of carbonyl (C=O) groups excluding carboxylic acids is 1. The van der Waals surface area contributed by atoms with Gasteiger partial charge in [-0.1, -0.05) is 48.2 Å². The van der Waals surface area contributed by atoms with Gasteiger partial charge in [-0.15, -0.1) is 0 Å². The van der Waals surface area contributed by atoms with Gasteiger partial charge in [-0.25, -0.2) is 9.79 Å². The predicted molar refractivity (Wildman–Crippen MR) is 160 cm³/mol. The fourth-order valence-corrected chi connectivity index (χ4v) is 5.41. The van der Waals surface area contributed by atoms with E-state index in [0.717, 1.165) is 28.0 Å². The first-order chi connectivity index (χ1) is 19.6. The second kappa shape index (κ2) is 12.6. The third-order valence-corrected chi connectivity index (χ3v) is 7.22. The second-order valence-electron chi connectivity index (χ2n) is 8.86. The lowest BCUT2D eigenvalue weighted by Gasteiger charge is -2.08. The van der Waals surface area contributed by atoms with E-state index < -0.39 is 5.97 Å². The molecule has 2 heterocycles. The Morgan fingerprint density at radius 3 is 2.40 bits per heavy atom. The highest BCUT2D eigenvalue weighted by Crippen LogP contribution is 2.41. The van der Waals surface area contributed by atoms with E-state index in [0.29, 0.717) is 35.4 Å². The van der Waals surface area contributed by atoms with Crippen LogP contribution >= 0.6 is 11.8 Å². The van der Waals surface area contributed by atoms with Crippen molar-refractivity contribution < 1.29 is 24.1 Å². The fourth-order valence-electron chi connectivity index (χ4n) is 4.39. The average Bonchev–Trinajstić information content (AvgIpc) is 3.47. The maximum absolute atomic E-state index is 12.8. The van der Waals surface area contributed by atoms with E-state index in [-0.39, 0.29) is 17.9 Å². The van der Waals surface area contributed by atoms with Crippen LogP contribution in [0.15, 0.2) is 106 Å². The van der Waals surface area contributed by atoms with Crippen LogP contribution in [0.4, 0.5) is 5.69 Å². The van der Waals surface area contributed by atoms with E-state index in [2.05, 4.69) is 15.6 Å². The van der Waals surface area contributed by atoms with Crippen LogP contribution in [0, 0.1) is 0 Å². The van der Waals surface area contributed by atoms with Gasteiger partial charge in [0.2, 0.25) is 0 Å². The summed E-state index contributed by atoms with van der Waals surface area (Å²) in [6.45, 7) is 5.56. The summed E-state index contributed by atoms with van der Waals surface area (Å²) in [4.78, 5) is 18.0. The highest BCUT2D eigenvalue weighted by molar-refractivity contribution is 8.18. The minimum absolute atomic E-state index is 0.0620. The van der Waals surface area contributed by atoms with Gasteiger partial charge in [0, 0.05) is 22.7 Å². The van der Waals surface area contributed by atoms with Gasteiger partial charge in [0.05, 0.1) is 30.4 Å². The van der Waals surface area contributed by atoms with E-state index in [1.807, 2.05) is 92.0 Å². The quantitative estimate of drug-likeness (QED) is 0.207. The van der Waals surface area contributed by atoms with E-state index in [9.17, 15) is 9.90 Å². The van der Waals surface area contributed by atoms with Crippen molar-refractivity contribution >= 4 is 45.4 Å². The first-order valence-electron chi connectivity index (χ1n) is 13.1. The first-order valence-corrected chi connectivity index (χ1v) is 14.0. The number of aromatic nitrogens is 1. The number of hydrogen-bond acceptors (Lipinski definition) is 7. The molecule has 7 nitrogen and oxygen atoms in total. The maximum Gasteiger partial charge on any atom is 0.344 e.